The van der Waals surface area contributed by atoms with Gasteiger partial charge in [-0.05, 0) is 6.92 Å². The van der Waals surface area contributed by atoms with E-state index in [1.54, 1.807) is 0 Å². The number of carbonyl (C=O) groups is 1. The zero-order valence-corrected chi connectivity index (χ0v) is 7.30. The molecule has 1 saturated heterocycles. The van der Waals surface area contributed by atoms with E-state index in [4.69, 9.17) is 9.84 Å². The number of aliphatic hydroxyl groups excluding tert-OH is 2. The summed E-state index contributed by atoms with van der Waals surface area (Å²) in [4.78, 5) is 10.7. The molecule has 13 heavy (non-hydrogen) atoms. The molecule has 3 N–H and O–H groups in total. The second kappa shape index (κ2) is 3.22. The van der Waals surface area contributed by atoms with Crippen molar-refractivity contribution in [2.45, 2.75) is 31.0 Å². The van der Waals surface area contributed by atoms with Crippen LogP contribution in [0.1, 0.15) is 6.92 Å². The van der Waals surface area contributed by atoms with Crippen molar-refractivity contribution in [1.82, 2.24) is 0 Å². The molecule has 1 aliphatic rings. The zero-order chi connectivity index (χ0) is 10.2. The maximum absolute atomic E-state index is 10.7. The van der Waals surface area contributed by atoms with E-state index in [1.165, 1.54) is 14.0 Å². The summed E-state index contributed by atoms with van der Waals surface area (Å²) >= 11 is 0. The molecule has 1 fully saturated rings. The monoisotopic (exact) mass is 192 g/mol. The number of aliphatic hydroxyl groups is 2. The molecule has 0 aromatic carbocycles. The quantitative estimate of drug-likeness (QED) is 0.495. The van der Waals surface area contributed by atoms with Gasteiger partial charge in [0.2, 0.25) is 0 Å². The van der Waals surface area contributed by atoms with Gasteiger partial charge in [-0.25, -0.2) is 4.79 Å². The third kappa shape index (κ3) is 1.42. The minimum absolute atomic E-state index is 1.10. The second-order valence-electron chi connectivity index (χ2n) is 3.07. The number of carboxylic acids is 1. The molecule has 0 bridgehead atoms. The minimum Gasteiger partial charge on any atom is -0.479 e. The molecule has 0 amide bonds. The summed E-state index contributed by atoms with van der Waals surface area (Å²) in [6.45, 7) is 1.18. The van der Waals surface area contributed by atoms with Gasteiger partial charge in [-0.15, -0.1) is 0 Å². The van der Waals surface area contributed by atoms with Crippen LogP contribution in [0.15, 0.2) is 0 Å². The first kappa shape index (κ1) is 10.4. The standard InChI is InChI=1S/C7H12O6/c1-7(6(10)11)4(9)3(8)5(12-2)13-7/h3-5,8-9H,1-2H3,(H,10,11)/t3-,4+,5?,7+/m1/s1. The Kier molecular flexibility index (Phi) is 2.58. The highest BCUT2D eigenvalue weighted by Crippen LogP contribution is 2.31. The Bertz CT molecular complexity index is 217. The number of ether oxygens (including phenoxy) is 2. The van der Waals surface area contributed by atoms with Crippen molar-refractivity contribution in [3.63, 3.8) is 0 Å². The van der Waals surface area contributed by atoms with E-state index in [9.17, 15) is 15.0 Å². The van der Waals surface area contributed by atoms with Crippen molar-refractivity contribution in [2.24, 2.45) is 0 Å². The Balaban J connectivity index is 2.87. The average Bonchev–Trinajstić information content (AvgIpc) is 2.31. The Morgan fingerprint density at radius 1 is 1.54 bits per heavy atom. The lowest BCUT2D eigenvalue weighted by molar-refractivity contribution is -0.194. The lowest BCUT2D eigenvalue weighted by Crippen LogP contribution is -2.47. The van der Waals surface area contributed by atoms with Crippen LogP contribution < -0.4 is 0 Å². The predicted octanol–water partition coefficient (Wildman–Crippen LogP) is -1.45. The largest absolute Gasteiger partial charge is 0.479 e. The van der Waals surface area contributed by atoms with E-state index in [-0.39, 0.29) is 0 Å². The highest BCUT2D eigenvalue weighted by molar-refractivity contribution is 5.78. The molecule has 0 aromatic heterocycles. The molecular weight excluding hydrogens is 180 g/mol. The molecule has 76 valence electrons. The number of aliphatic carboxylic acids is 1. The van der Waals surface area contributed by atoms with Crippen LogP contribution in [0, 0.1) is 0 Å². The van der Waals surface area contributed by atoms with Crippen LogP contribution in [0.3, 0.4) is 0 Å². The Hall–Kier alpha value is -0.690. The van der Waals surface area contributed by atoms with Crippen LogP contribution in [0.5, 0.6) is 0 Å². The third-order valence-corrected chi connectivity index (χ3v) is 2.18. The van der Waals surface area contributed by atoms with Gasteiger partial charge in [0, 0.05) is 7.11 Å². The minimum atomic E-state index is -1.81. The third-order valence-electron chi connectivity index (χ3n) is 2.18. The molecule has 6 heteroatoms. The molecule has 1 unspecified atom stereocenters. The zero-order valence-electron chi connectivity index (χ0n) is 7.30. The number of methoxy groups -OCH3 is 1. The second-order valence-corrected chi connectivity index (χ2v) is 3.07. The summed E-state index contributed by atoms with van der Waals surface area (Å²) in [6.07, 6.45) is -3.93. The molecule has 0 radical (unpaired) electrons. The van der Waals surface area contributed by atoms with Gasteiger partial charge in [0.05, 0.1) is 0 Å². The fourth-order valence-corrected chi connectivity index (χ4v) is 1.22. The van der Waals surface area contributed by atoms with Crippen LogP contribution >= 0.6 is 0 Å². The van der Waals surface area contributed by atoms with Gasteiger partial charge in [-0.2, -0.15) is 0 Å². The molecule has 6 nitrogen and oxygen atoms in total. The van der Waals surface area contributed by atoms with Crippen LogP contribution in [0.2, 0.25) is 0 Å². The summed E-state index contributed by atoms with van der Waals surface area (Å²) in [5.74, 6) is -1.33. The maximum Gasteiger partial charge on any atom is 0.338 e. The summed E-state index contributed by atoms with van der Waals surface area (Å²) < 4.78 is 9.51. The SMILES string of the molecule is COC1O[C@](C)(C(=O)O)[C@@H](O)[C@H]1O. The average molecular weight is 192 g/mol. The Labute approximate surface area is 74.7 Å². The summed E-state index contributed by atoms with van der Waals surface area (Å²) in [5, 5.41) is 27.4. The van der Waals surface area contributed by atoms with Crippen LogP contribution in [0.25, 0.3) is 0 Å². The molecule has 1 heterocycles. The van der Waals surface area contributed by atoms with Crippen molar-refractivity contribution in [3.05, 3.63) is 0 Å². The van der Waals surface area contributed by atoms with Crippen LogP contribution in [-0.2, 0) is 14.3 Å². The molecule has 0 saturated carbocycles. The molecule has 1 aliphatic heterocycles. The first-order valence-corrected chi connectivity index (χ1v) is 3.73. The molecule has 4 atom stereocenters. The number of hydrogen-bond acceptors (Lipinski definition) is 5. The lowest BCUT2D eigenvalue weighted by atomic mass is 9.98. The summed E-state index contributed by atoms with van der Waals surface area (Å²) in [5.41, 5.74) is -1.81. The van der Waals surface area contributed by atoms with Gasteiger partial charge < -0.3 is 24.8 Å². The van der Waals surface area contributed by atoms with E-state index >= 15 is 0 Å². The van der Waals surface area contributed by atoms with E-state index < -0.39 is 30.1 Å². The molecule has 0 aliphatic carbocycles. The topological polar surface area (TPSA) is 96.2 Å². The molecule has 0 spiro atoms. The molecule has 0 aromatic rings. The highest BCUT2D eigenvalue weighted by atomic mass is 16.7. The number of carboxylic acid groups (broad SMARTS) is 1. The fraction of sp³-hybridized carbons (Fsp3) is 0.857. The summed E-state index contributed by atoms with van der Waals surface area (Å²) in [7, 11) is 1.26. The van der Waals surface area contributed by atoms with E-state index in [0.29, 0.717) is 0 Å². The molecule has 1 rings (SSSR count). The van der Waals surface area contributed by atoms with Crippen molar-refractivity contribution < 1.29 is 29.6 Å². The van der Waals surface area contributed by atoms with Crippen molar-refractivity contribution in [3.8, 4) is 0 Å². The first-order chi connectivity index (χ1) is 5.93. The van der Waals surface area contributed by atoms with Gasteiger partial charge in [0.15, 0.2) is 11.9 Å². The van der Waals surface area contributed by atoms with Gasteiger partial charge in [0.1, 0.15) is 12.2 Å². The van der Waals surface area contributed by atoms with E-state index in [1.807, 2.05) is 0 Å². The Morgan fingerprint density at radius 2 is 2.08 bits per heavy atom. The van der Waals surface area contributed by atoms with Crippen molar-refractivity contribution >= 4 is 5.97 Å². The summed E-state index contributed by atoms with van der Waals surface area (Å²) in [6, 6.07) is 0. The number of hydrogen-bond donors (Lipinski definition) is 3. The predicted molar refractivity (Wildman–Crippen MR) is 39.9 cm³/mol. The first-order valence-electron chi connectivity index (χ1n) is 3.73. The van der Waals surface area contributed by atoms with E-state index in [0.717, 1.165) is 0 Å². The Morgan fingerprint density at radius 3 is 2.31 bits per heavy atom. The van der Waals surface area contributed by atoms with Gasteiger partial charge in [0.25, 0.3) is 0 Å². The maximum atomic E-state index is 10.7. The van der Waals surface area contributed by atoms with Crippen molar-refractivity contribution in [1.29, 1.82) is 0 Å². The number of rotatable bonds is 2. The highest BCUT2D eigenvalue weighted by Gasteiger charge is 2.56. The van der Waals surface area contributed by atoms with Gasteiger partial charge in [-0.1, -0.05) is 0 Å². The lowest BCUT2D eigenvalue weighted by Gasteiger charge is -2.21. The van der Waals surface area contributed by atoms with Gasteiger partial charge in [-0.3, -0.25) is 0 Å². The molecular formula is C7H12O6. The normalized spacial score (nSPS) is 45.1. The smallest absolute Gasteiger partial charge is 0.338 e. The van der Waals surface area contributed by atoms with Crippen LogP contribution in [-0.4, -0.2) is 52.5 Å². The van der Waals surface area contributed by atoms with Crippen molar-refractivity contribution in [2.75, 3.05) is 7.11 Å². The van der Waals surface area contributed by atoms with E-state index in [2.05, 4.69) is 4.74 Å². The fourth-order valence-electron chi connectivity index (χ4n) is 1.22. The van der Waals surface area contributed by atoms with Gasteiger partial charge >= 0.3 is 5.97 Å². The van der Waals surface area contributed by atoms with Crippen LogP contribution in [0.4, 0.5) is 0 Å².